The zero-order valence-corrected chi connectivity index (χ0v) is 7.47. The third kappa shape index (κ3) is 2.95. The first-order valence-corrected chi connectivity index (χ1v) is 4.48. The zero-order chi connectivity index (χ0) is 9.84. The molecule has 1 aromatic rings. The molecule has 3 nitrogen and oxygen atoms in total. The molecule has 0 heterocycles. The van der Waals surface area contributed by atoms with Gasteiger partial charge in [-0.3, -0.25) is 4.79 Å². The van der Waals surface area contributed by atoms with Crippen molar-refractivity contribution < 1.29 is 14.3 Å². The summed E-state index contributed by atoms with van der Waals surface area (Å²) < 4.78 is 13.0. The van der Waals surface area contributed by atoms with Crippen molar-refractivity contribution in [3.8, 4) is 0 Å². The average Bonchev–Trinajstić information content (AvgIpc) is 2.02. The van der Waals surface area contributed by atoms with Crippen molar-refractivity contribution in [2.75, 3.05) is 11.5 Å². The molecule has 0 bridgehead atoms. The number of carboxylic acid groups (broad SMARTS) is 1. The monoisotopic (exact) mass is 201 g/mol. The molecule has 70 valence electrons. The summed E-state index contributed by atoms with van der Waals surface area (Å²) in [6, 6.07) is 4.18. The molecule has 1 aromatic carbocycles. The molecule has 1 rings (SSSR count). The molecule has 0 aromatic heterocycles. The Kier molecular flexibility index (Phi) is 3.13. The van der Waals surface area contributed by atoms with Crippen molar-refractivity contribution >= 4 is 23.4 Å². The van der Waals surface area contributed by atoms with E-state index in [0.717, 1.165) is 11.8 Å². The molecule has 0 saturated heterocycles. The molecule has 0 spiro atoms. The number of rotatable bonds is 3. The van der Waals surface area contributed by atoms with E-state index >= 15 is 0 Å². The van der Waals surface area contributed by atoms with Gasteiger partial charge in [-0.25, -0.2) is 4.39 Å². The Hall–Kier alpha value is -1.23. The third-order valence-corrected chi connectivity index (χ3v) is 2.34. The molecular formula is C8H8FNO2S. The molecule has 0 atom stereocenters. The maximum atomic E-state index is 13.0. The lowest BCUT2D eigenvalue weighted by atomic mass is 10.3. The first-order chi connectivity index (χ1) is 6.09. The lowest BCUT2D eigenvalue weighted by molar-refractivity contribution is -0.133. The fourth-order valence-corrected chi connectivity index (χ4v) is 1.41. The summed E-state index contributed by atoms with van der Waals surface area (Å²) in [7, 11) is 0. The van der Waals surface area contributed by atoms with Crippen molar-refractivity contribution in [3.63, 3.8) is 0 Å². The number of carbonyl (C=O) groups is 1. The number of nitrogens with two attached hydrogens (primary N) is 1. The van der Waals surface area contributed by atoms with Gasteiger partial charge in [0.2, 0.25) is 0 Å². The third-order valence-electron chi connectivity index (χ3n) is 1.31. The van der Waals surface area contributed by atoms with E-state index in [1.54, 1.807) is 0 Å². The van der Waals surface area contributed by atoms with Crippen LogP contribution in [0.25, 0.3) is 0 Å². The number of halogens is 1. The molecule has 0 radical (unpaired) electrons. The molecule has 0 saturated carbocycles. The number of nitrogen functional groups attached to an aromatic ring is 1. The molecule has 0 unspecified atom stereocenters. The highest BCUT2D eigenvalue weighted by Crippen LogP contribution is 2.22. The second kappa shape index (κ2) is 4.13. The minimum Gasteiger partial charge on any atom is -0.481 e. The highest BCUT2D eigenvalue weighted by atomic mass is 32.2. The van der Waals surface area contributed by atoms with Crippen LogP contribution in [0.15, 0.2) is 23.1 Å². The zero-order valence-electron chi connectivity index (χ0n) is 6.66. The smallest absolute Gasteiger partial charge is 0.313 e. The Bertz CT molecular complexity index is 330. The van der Waals surface area contributed by atoms with Crippen LogP contribution in [-0.2, 0) is 4.79 Å². The molecule has 0 aliphatic heterocycles. The van der Waals surface area contributed by atoms with Gasteiger partial charge in [0.05, 0.1) is 5.75 Å². The highest BCUT2D eigenvalue weighted by Gasteiger charge is 2.05. The molecule has 3 N–H and O–H groups in total. The summed E-state index contributed by atoms with van der Waals surface area (Å²) in [6.07, 6.45) is 0. The second-order valence-corrected chi connectivity index (χ2v) is 3.39. The van der Waals surface area contributed by atoms with E-state index in [1.165, 1.54) is 18.2 Å². The van der Waals surface area contributed by atoms with Gasteiger partial charge in [0, 0.05) is 10.6 Å². The van der Waals surface area contributed by atoms with Gasteiger partial charge >= 0.3 is 5.97 Å². The van der Waals surface area contributed by atoms with E-state index in [2.05, 4.69) is 0 Å². The van der Waals surface area contributed by atoms with Gasteiger partial charge in [0.25, 0.3) is 0 Å². The SMILES string of the molecule is Nc1ccc(SCC(=O)O)c(F)c1. The minimum absolute atomic E-state index is 0.152. The van der Waals surface area contributed by atoms with Gasteiger partial charge in [-0.1, -0.05) is 0 Å². The molecule has 0 amide bonds. The average molecular weight is 201 g/mol. The van der Waals surface area contributed by atoms with Crippen molar-refractivity contribution in [1.29, 1.82) is 0 Å². The van der Waals surface area contributed by atoms with E-state index < -0.39 is 11.8 Å². The summed E-state index contributed by atoms with van der Waals surface area (Å²) in [6.45, 7) is 0. The van der Waals surface area contributed by atoms with Gasteiger partial charge in [-0.2, -0.15) is 0 Å². The number of hydrogen-bond donors (Lipinski definition) is 2. The van der Waals surface area contributed by atoms with Gasteiger partial charge in [-0.15, -0.1) is 11.8 Å². The van der Waals surface area contributed by atoms with E-state index in [9.17, 15) is 9.18 Å². The maximum Gasteiger partial charge on any atom is 0.313 e. The minimum atomic E-state index is -0.971. The van der Waals surface area contributed by atoms with Gasteiger partial charge in [0.1, 0.15) is 5.82 Å². The first-order valence-electron chi connectivity index (χ1n) is 3.49. The van der Waals surface area contributed by atoms with Crippen molar-refractivity contribution in [2.24, 2.45) is 0 Å². The van der Waals surface area contributed by atoms with Crippen LogP contribution in [0.3, 0.4) is 0 Å². The number of carboxylic acids is 1. The van der Waals surface area contributed by atoms with E-state index in [4.69, 9.17) is 10.8 Å². The Balaban J connectivity index is 2.72. The predicted octanol–water partition coefficient (Wildman–Crippen LogP) is 1.58. The quantitative estimate of drug-likeness (QED) is 0.575. The van der Waals surface area contributed by atoms with Crippen LogP contribution >= 0.6 is 11.8 Å². The Morgan fingerprint density at radius 3 is 2.85 bits per heavy atom. The number of thioether (sulfide) groups is 1. The van der Waals surface area contributed by atoms with Gasteiger partial charge < -0.3 is 10.8 Å². The Labute approximate surface area is 78.7 Å². The second-order valence-electron chi connectivity index (χ2n) is 2.37. The van der Waals surface area contributed by atoms with Crippen LogP contribution in [0.5, 0.6) is 0 Å². The molecule has 13 heavy (non-hydrogen) atoms. The summed E-state index contributed by atoms with van der Waals surface area (Å²) in [5.41, 5.74) is 5.65. The van der Waals surface area contributed by atoms with Crippen LogP contribution in [0.2, 0.25) is 0 Å². The topological polar surface area (TPSA) is 63.3 Å². The van der Waals surface area contributed by atoms with Crippen LogP contribution in [-0.4, -0.2) is 16.8 Å². The molecule has 0 aliphatic rings. The van der Waals surface area contributed by atoms with Crippen LogP contribution in [0.1, 0.15) is 0 Å². The van der Waals surface area contributed by atoms with Crippen molar-refractivity contribution in [3.05, 3.63) is 24.0 Å². The van der Waals surface area contributed by atoms with Crippen molar-refractivity contribution in [1.82, 2.24) is 0 Å². The first kappa shape index (κ1) is 9.85. The number of anilines is 1. The Morgan fingerprint density at radius 2 is 2.31 bits per heavy atom. The van der Waals surface area contributed by atoms with E-state index in [1.807, 2.05) is 0 Å². The molecule has 5 heteroatoms. The molecule has 0 fully saturated rings. The molecular weight excluding hydrogens is 193 g/mol. The largest absolute Gasteiger partial charge is 0.481 e. The summed E-state index contributed by atoms with van der Waals surface area (Å²) in [5.74, 6) is -1.60. The number of aliphatic carboxylic acids is 1. The lowest BCUT2D eigenvalue weighted by Gasteiger charge is -2.00. The molecule has 0 aliphatic carbocycles. The van der Waals surface area contributed by atoms with Crippen molar-refractivity contribution in [2.45, 2.75) is 4.90 Å². The fourth-order valence-electron chi connectivity index (χ4n) is 0.774. The number of benzene rings is 1. The number of hydrogen-bond acceptors (Lipinski definition) is 3. The fraction of sp³-hybridized carbons (Fsp3) is 0.125. The van der Waals surface area contributed by atoms with Gasteiger partial charge in [0.15, 0.2) is 0 Å². The van der Waals surface area contributed by atoms with Gasteiger partial charge in [-0.05, 0) is 18.2 Å². The van der Waals surface area contributed by atoms with E-state index in [0.29, 0.717) is 10.6 Å². The highest BCUT2D eigenvalue weighted by molar-refractivity contribution is 8.00. The van der Waals surface area contributed by atoms with Crippen LogP contribution in [0, 0.1) is 5.82 Å². The standard InChI is InChI=1S/C8H8FNO2S/c9-6-3-5(10)1-2-7(6)13-4-8(11)12/h1-3H,4,10H2,(H,11,12). The lowest BCUT2D eigenvalue weighted by Crippen LogP contribution is -1.98. The normalized spacial score (nSPS) is 9.92. The maximum absolute atomic E-state index is 13.0. The summed E-state index contributed by atoms with van der Waals surface area (Å²) in [4.78, 5) is 10.5. The summed E-state index contributed by atoms with van der Waals surface area (Å²) in [5, 5.41) is 8.35. The summed E-state index contributed by atoms with van der Waals surface area (Å²) >= 11 is 0.934. The predicted molar refractivity (Wildman–Crippen MR) is 49.2 cm³/mol. The van der Waals surface area contributed by atoms with Crippen LogP contribution in [0.4, 0.5) is 10.1 Å². The van der Waals surface area contributed by atoms with Crippen LogP contribution < -0.4 is 5.73 Å². The Morgan fingerprint density at radius 1 is 1.62 bits per heavy atom. The van der Waals surface area contributed by atoms with E-state index in [-0.39, 0.29) is 5.75 Å².